The Morgan fingerprint density at radius 1 is 0.459 bits per heavy atom. The molecular weight excluding hydrogens is 472 g/mol. The molecule has 5 heteroatoms. The standard InChI is InChI=1S/C32H20N4S/c1-3-10-21(11-4-1)30-34-31(22-12-5-2-6-13-22)36-32(35-30)23-18-19-27(33-20-23)26-16-9-15-25-24-14-7-8-17-28(24)37-29(25)26/h1-20H. The van der Waals surface area contributed by atoms with Crippen LogP contribution in [0.1, 0.15) is 0 Å². The van der Waals surface area contributed by atoms with E-state index in [-0.39, 0.29) is 0 Å². The molecule has 4 nitrogen and oxygen atoms in total. The third kappa shape index (κ3) is 3.96. The van der Waals surface area contributed by atoms with E-state index in [9.17, 15) is 0 Å². The van der Waals surface area contributed by atoms with Crippen LogP contribution < -0.4 is 0 Å². The first-order valence-corrected chi connectivity index (χ1v) is 12.9. The fraction of sp³-hybridized carbons (Fsp3) is 0. The van der Waals surface area contributed by atoms with Gasteiger partial charge in [0.15, 0.2) is 17.5 Å². The van der Waals surface area contributed by atoms with Crippen LogP contribution in [-0.2, 0) is 0 Å². The molecule has 0 N–H and O–H groups in total. The smallest absolute Gasteiger partial charge is 0.165 e. The molecule has 0 saturated heterocycles. The van der Waals surface area contributed by atoms with Crippen molar-refractivity contribution in [1.29, 1.82) is 0 Å². The lowest BCUT2D eigenvalue weighted by atomic mass is 10.1. The SMILES string of the molecule is c1ccc(-c2nc(-c3ccccc3)nc(-c3ccc(-c4cccc5c4sc4ccccc45)nc3)n2)cc1. The third-order valence-electron chi connectivity index (χ3n) is 6.40. The average molecular weight is 493 g/mol. The summed E-state index contributed by atoms with van der Waals surface area (Å²) in [6, 6.07) is 39.1. The highest BCUT2D eigenvalue weighted by atomic mass is 32.1. The van der Waals surface area contributed by atoms with Gasteiger partial charge in [0.25, 0.3) is 0 Å². The fourth-order valence-electron chi connectivity index (χ4n) is 4.57. The maximum absolute atomic E-state index is 4.86. The number of nitrogens with zero attached hydrogens (tertiary/aromatic N) is 4. The van der Waals surface area contributed by atoms with Crippen LogP contribution in [0.2, 0.25) is 0 Å². The molecule has 7 rings (SSSR count). The van der Waals surface area contributed by atoms with Gasteiger partial charge in [0, 0.05) is 48.6 Å². The van der Waals surface area contributed by atoms with E-state index in [1.807, 2.05) is 84.3 Å². The molecule has 0 bridgehead atoms. The molecular formula is C32H20N4S. The number of benzene rings is 4. The van der Waals surface area contributed by atoms with Crippen LogP contribution in [-0.4, -0.2) is 19.9 Å². The molecule has 0 atom stereocenters. The zero-order valence-electron chi connectivity index (χ0n) is 19.7. The summed E-state index contributed by atoms with van der Waals surface area (Å²) in [6.45, 7) is 0. The van der Waals surface area contributed by atoms with Crippen molar-refractivity contribution in [2.24, 2.45) is 0 Å². The fourth-order valence-corrected chi connectivity index (χ4v) is 5.80. The van der Waals surface area contributed by atoms with Gasteiger partial charge in [0.05, 0.1) is 5.69 Å². The van der Waals surface area contributed by atoms with Crippen LogP contribution in [0.4, 0.5) is 0 Å². The van der Waals surface area contributed by atoms with Gasteiger partial charge in [-0.3, -0.25) is 4.98 Å². The summed E-state index contributed by atoms with van der Waals surface area (Å²) in [7, 11) is 0. The molecule has 0 unspecified atom stereocenters. The van der Waals surface area contributed by atoms with Crippen molar-refractivity contribution in [1.82, 2.24) is 19.9 Å². The molecule has 7 aromatic rings. The largest absolute Gasteiger partial charge is 0.255 e. The second-order valence-electron chi connectivity index (χ2n) is 8.75. The minimum Gasteiger partial charge on any atom is -0.255 e. The maximum atomic E-state index is 4.86. The summed E-state index contributed by atoms with van der Waals surface area (Å²) >= 11 is 1.81. The molecule has 0 fully saturated rings. The van der Waals surface area contributed by atoms with Crippen LogP contribution in [0.5, 0.6) is 0 Å². The number of fused-ring (bicyclic) bond motifs is 3. The first-order chi connectivity index (χ1) is 18.3. The Morgan fingerprint density at radius 3 is 1.70 bits per heavy atom. The second kappa shape index (κ2) is 9.04. The van der Waals surface area contributed by atoms with Crippen molar-refractivity contribution in [3.8, 4) is 45.4 Å². The summed E-state index contributed by atoms with van der Waals surface area (Å²) in [5.41, 5.74) is 4.81. The van der Waals surface area contributed by atoms with E-state index in [0.29, 0.717) is 17.5 Å². The van der Waals surface area contributed by atoms with Crippen LogP contribution in [0.15, 0.2) is 121 Å². The molecule has 0 spiro atoms. The summed E-state index contributed by atoms with van der Waals surface area (Å²) in [5, 5.41) is 2.55. The summed E-state index contributed by atoms with van der Waals surface area (Å²) in [5.74, 6) is 1.89. The van der Waals surface area contributed by atoms with E-state index in [2.05, 4.69) is 48.5 Å². The van der Waals surface area contributed by atoms with E-state index in [1.54, 1.807) is 0 Å². The van der Waals surface area contributed by atoms with Gasteiger partial charge in [0.1, 0.15) is 0 Å². The van der Waals surface area contributed by atoms with Gasteiger partial charge in [-0.15, -0.1) is 11.3 Å². The summed E-state index contributed by atoms with van der Waals surface area (Å²) < 4.78 is 2.54. The number of thiophene rings is 1. The average Bonchev–Trinajstić information content (AvgIpc) is 3.37. The molecule has 174 valence electrons. The van der Waals surface area contributed by atoms with Crippen LogP contribution in [0.3, 0.4) is 0 Å². The van der Waals surface area contributed by atoms with E-state index in [1.165, 1.54) is 20.2 Å². The van der Waals surface area contributed by atoms with Crippen molar-refractivity contribution < 1.29 is 0 Å². The van der Waals surface area contributed by atoms with Crippen molar-refractivity contribution in [2.45, 2.75) is 0 Å². The molecule has 3 aromatic heterocycles. The van der Waals surface area contributed by atoms with Gasteiger partial charge in [-0.25, -0.2) is 15.0 Å². The van der Waals surface area contributed by atoms with Gasteiger partial charge in [-0.05, 0) is 18.2 Å². The van der Waals surface area contributed by atoms with Gasteiger partial charge in [-0.1, -0.05) is 97.1 Å². The van der Waals surface area contributed by atoms with Gasteiger partial charge in [-0.2, -0.15) is 0 Å². The van der Waals surface area contributed by atoms with Gasteiger partial charge < -0.3 is 0 Å². The molecule has 0 aliphatic heterocycles. The lowest BCUT2D eigenvalue weighted by molar-refractivity contribution is 1.07. The first kappa shape index (κ1) is 21.5. The summed E-state index contributed by atoms with van der Waals surface area (Å²) in [6.07, 6.45) is 1.86. The lowest BCUT2D eigenvalue weighted by Crippen LogP contribution is -2.00. The molecule has 37 heavy (non-hydrogen) atoms. The van der Waals surface area contributed by atoms with Crippen LogP contribution >= 0.6 is 11.3 Å². The predicted molar refractivity (Wildman–Crippen MR) is 152 cm³/mol. The lowest BCUT2D eigenvalue weighted by Gasteiger charge is -2.09. The Labute approximate surface area is 218 Å². The number of aromatic nitrogens is 4. The quantitative estimate of drug-likeness (QED) is 0.248. The van der Waals surface area contributed by atoms with Crippen molar-refractivity contribution >= 4 is 31.5 Å². The number of hydrogen-bond donors (Lipinski definition) is 0. The van der Waals surface area contributed by atoms with Crippen molar-refractivity contribution in [2.75, 3.05) is 0 Å². The number of pyridine rings is 1. The van der Waals surface area contributed by atoms with Crippen LogP contribution in [0.25, 0.3) is 65.6 Å². The Hall–Kier alpha value is -4.74. The van der Waals surface area contributed by atoms with E-state index >= 15 is 0 Å². The highest BCUT2D eigenvalue weighted by molar-refractivity contribution is 7.26. The van der Waals surface area contributed by atoms with Crippen molar-refractivity contribution in [3.63, 3.8) is 0 Å². The highest BCUT2D eigenvalue weighted by Crippen LogP contribution is 2.39. The van der Waals surface area contributed by atoms with Crippen molar-refractivity contribution in [3.05, 3.63) is 121 Å². The second-order valence-corrected chi connectivity index (χ2v) is 9.80. The Bertz CT molecular complexity index is 1800. The molecule has 3 heterocycles. The predicted octanol–water partition coefficient (Wildman–Crippen LogP) is 8.30. The molecule has 4 aromatic carbocycles. The first-order valence-electron chi connectivity index (χ1n) is 12.1. The minimum absolute atomic E-state index is 0.604. The molecule has 0 saturated carbocycles. The Morgan fingerprint density at radius 2 is 1.05 bits per heavy atom. The Kier molecular flexibility index (Phi) is 5.26. The highest BCUT2D eigenvalue weighted by Gasteiger charge is 2.14. The maximum Gasteiger partial charge on any atom is 0.165 e. The van der Waals surface area contributed by atoms with Gasteiger partial charge >= 0.3 is 0 Å². The Balaban J connectivity index is 1.33. The van der Waals surface area contributed by atoms with E-state index in [0.717, 1.165) is 27.9 Å². The normalized spacial score (nSPS) is 11.2. The topological polar surface area (TPSA) is 51.6 Å². The van der Waals surface area contributed by atoms with Crippen LogP contribution in [0, 0.1) is 0 Å². The molecule has 0 aliphatic carbocycles. The van der Waals surface area contributed by atoms with E-state index < -0.39 is 0 Å². The molecule has 0 radical (unpaired) electrons. The molecule has 0 amide bonds. The monoisotopic (exact) mass is 492 g/mol. The van der Waals surface area contributed by atoms with E-state index in [4.69, 9.17) is 19.9 Å². The zero-order valence-corrected chi connectivity index (χ0v) is 20.6. The number of rotatable bonds is 4. The summed E-state index contributed by atoms with van der Waals surface area (Å²) in [4.78, 5) is 19.3. The molecule has 0 aliphatic rings. The van der Waals surface area contributed by atoms with Gasteiger partial charge in [0.2, 0.25) is 0 Å². The zero-order chi connectivity index (χ0) is 24.6. The minimum atomic E-state index is 0.604. The third-order valence-corrected chi connectivity index (χ3v) is 7.62. The number of hydrogen-bond acceptors (Lipinski definition) is 5.